The predicted molar refractivity (Wildman–Crippen MR) is 74.4 cm³/mol. The molecule has 0 aromatic heterocycles. The van der Waals surface area contributed by atoms with Crippen molar-refractivity contribution in [1.29, 1.82) is 0 Å². The van der Waals surface area contributed by atoms with Crippen LogP contribution in [0, 0.1) is 5.92 Å². The Balaban J connectivity index is 2.79. The molecule has 0 heterocycles. The Hall–Kier alpha value is -0.830. The third kappa shape index (κ3) is 4.13. The SMILES string of the molecule is CCC(CC)O[C@@H]1C=C(C)C[C@@H](C)[C@H]1NC(C)=O. The lowest BCUT2D eigenvalue weighted by Gasteiger charge is -2.36. The maximum absolute atomic E-state index is 11.3. The van der Waals surface area contributed by atoms with Gasteiger partial charge in [-0.25, -0.2) is 0 Å². The summed E-state index contributed by atoms with van der Waals surface area (Å²) in [4.78, 5) is 11.3. The van der Waals surface area contributed by atoms with Gasteiger partial charge in [-0.3, -0.25) is 4.79 Å². The number of nitrogens with one attached hydrogen (secondary N) is 1. The zero-order valence-corrected chi connectivity index (χ0v) is 12.3. The molecule has 1 aliphatic carbocycles. The highest BCUT2D eigenvalue weighted by Gasteiger charge is 2.32. The standard InChI is InChI=1S/C15H27NO2/c1-6-13(7-2)18-14-9-10(3)8-11(4)15(14)16-12(5)17/h9,11,13-15H,6-8H2,1-5H3,(H,16,17)/t11-,14-,15-/m1/s1. The fourth-order valence-corrected chi connectivity index (χ4v) is 2.70. The summed E-state index contributed by atoms with van der Waals surface area (Å²) >= 11 is 0. The van der Waals surface area contributed by atoms with Gasteiger partial charge in [0.05, 0.1) is 18.2 Å². The van der Waals surface area contributed by atoms with Crippen LogP contribution in [0.25, 0.3) is 0 Å². The van der Waals surface area contributed by atoms with E-state index in [9.17, 15) is 4.79 Å². The van der Waals surface area contributed by atoms with Crippen LogP contribution in [0.2, 0.25) is 0 Å². The van der Waals surface area contributed by atoms with E-state index in [1.54, 1.807) is 6.92 Å². The van der Waals surface area contributed by atoms with Gasteiger partial charge in [0.2, 0.25) is 5.91 Å². The Labute approximate surface area is 111 Å². The van der Waals surface area contributed by atoms with Crippen LogP contribution in [0.4, 0.5) is 0 Å². The highest BCUT2D eigenvalue weighted by atomic mass is 16.5. The maximum Gasteiger partial charge on any atom is 0.217 e. The number of rotatable bonds is 5. The van der Waals surface area contributed by atoms with Crippen molar-refractivity contribution in [3.63, 3.8) is 0 Å². The summed E-state index contributed by atoms with van der Waals surface area (Å²) in [6.07, 6.45) is 5.54. The minimum absolute atomic E-state index is 0.0163. The predicted octanol–water partition coefficient (Wildman–Crippen LogP) is 3.05. The molecule has 0 saturated heterocycles. The van der Waals surface area contributed by atoms with Gasteiger partial charge in [-0.05, 0) is 32.1 Å². The average molecular weight is 253 g/mol. The summed E-state index contributed by atoms with van der Waals surface area (Å²) in [5.41, 5.74) is 1.36. The van der Waals surface area contributed by atoms with Crippen molar-refractivity contribution in [2.75, 3.05) is 0 Å². The summed E-state index contributed by atoms with van der Waals surface area (Å²) in [5.74, 6) is 0.455. The topological polar surface area (TPSA) is 38.3 Å². The molecule has 18 heavy (non-hydrogen) atoms. The Bertz CT molecular complexity index is 308. The molecule has 104 valence electrons. The third-order valence-corrected chi connectivity index (χ3v) is 3.69. The zero-order valence-electron chi connectivity index (χ0n) is 12.3. The van der Waals surface area contributed by atoms with Gasteiger partial charge < -0.3 is 10.1 Å². The van der Waals surface area contributed by atoms with Gasteiger partial charge in [0, 0.05) is 6.92 Å². The molecule has 1 rings (SSSR count). The lowest BCUT2D eigenvalue weighted by atomic mass is 9.84. The van der Waals surface area contributed by atoms with Gasteiger partial charge in [-0.15, -0.1) is 0 Å². The van der Waals surface area contributed by atoms with Gasteiger partial charge in [-0.1, -0.05) is 32.4 Å². The van der Waals surface area contributed by atoms with Crippen molar-refractivity contribution in [3.8, 4) is 0 Å². The summed E-state index contributed by atoms with van der Waals surface area (Å²) in [7, 11) is 0. The first-order valence-electron chi connectivity index (χ1n) is 7.07. The molecule has 0 unspecified atom stereocenters. The van der Waals surface area contributed by atoms with Crippen molar-refractivity contribution in [2.45, 2.75) is 72.1 Å². The number of amides is 1. The van der Waals surface area contributed by atoms with Crippen LogP contribution in [0.3, 0.4) is 0 Å². The Morgan fingerprint density at radius 1 is 1.50 bits per heavy atom. The van der Waals surface area contributed by atoms with Crippen LogP contribution in [0.15, 0.2) is 11.6 Å². The molecular formula is C15H27NO2. The van der Waals surface area contributed by atoms with E-state index in [0.717, 1.165) is 19.3 Å². The number of hydrogen-bond donors (Lipinski definition) is 1. The molecule has 0 radical (unpaired) electrons. The highest BCUT2D eigenvalue weighted by molar-refractivity contribution is 5.73. The zero-order chi connectivity index (χ0) is 13.7. The van der Waals surface area contributed by atoms with Crippen LogP contribution in [-0.4, -0.2) is 24.2 Å². The first-order valence-corrected chi connectivity index (χ1v) is 7.07. The molecule has 0 aromatic carbocycles. The van der Waals surface area contributed by atoms with Crippen LogP contribution >= 0.6 is 0 Å². The van der Waals surface area contributed by atoms with Crippen LogP contribution in [-0.2, 0) is 9.53 Å². The van der Waals surface area contributed by atoms with Crippen LogP contribution < -0.4 is 5.32 Å². The Morgan fingerprint density at radius 3 is 2.61 bits per heavy atom. The molecule has 0 fully saturated rings. The van der Waals surface area contributed by atoms with E-state index in [2.05, 4.69) is 39.1 Å². The first kappa shape index (κ1) is 15.2. The monoisotopic (exact) mass is 253 g/mol. The van der Waals surface area contributed by atoms with E-state index in [4.69, 9.17) is 4.74 Å². The van der Waals surface area contributed by atoms with Crippen molar-refractivity contribution in [1.82, 2.24) is 5.32 Å². The molecule has 3 nitrogen and oxygen atoms in total. The molecular weight excluding hydrogens is 226 g/mol. The number of carbonyl (C=O) groups excluding carboxylic acids is 1. The second-order valence-corrected chi connectivity index (χ2v) is 5.46. The minimum atomic E-state index is 0.0163. The first-order chi connectivity index (χ1) is 8.47. The van der Waals surface area contributed by atoms with E-state index in [0.29, 0.717) is 5.92 Å². The molecule has 0 saturated carbocycles. The van der Waals surface area contributed by atoms with E-state index >= 15 is 0 Å². The van der Waals surface area contributed by atoms with Crippen molar-refractivity contribution in [2.24, 2.45) is 5.92 Å². The van der Waals surface area contributed by atoms with Gasteiger partial charge in [0.15, 0.2) is 0 Å². The van der Waals surface area contributed by atoms with Gasteiger partial charge in [-0.2, -0.15) is 0 Å². The summed E-state index contributed by atoms with van der Waals surface area (Å²) in [6, 6.07) is 0.104. The molecule has 3 heteroatoms. The maximum atomic E-state index is 11.3. The molecule has 3 atom stereocenters. The fourth-order valence-electron chi connectivity index (χ4n) is 2.70. The smallest absolute Gasteiger partial charge is 0.217 e. The van der Waals surface area contributed by atoms with Crippen LogP contribution in [0.5, 0.6) is 0 Å². The van der Waals surface area contributed by atoms with E-state index in [1.807, 2.05) is 0 Å². The summed E-state index contributed by atoms with van der Waals surface area (Å²) < 4.78 is 6.15. The summed E-state index contributed by atoms with van der Waals surface area (Å²) in [5, 5.41) is 3.05. The molecule has 1 N–H and O–H groups in total. The van der Waals surface area contributed by atoms with Gasteiger partial charge in [0.25, 0.3) is 0 Å². The summed E-state index contributed by atoms with van der Waals surface area (Å²) in [6.45, 7) is 10.2. The van der Waals surface area contributed by atoms with Crippen molar-refractivity contribution in [3.05, 3.63) is 11.6 Å². The van der Waals surface area contributed by atoms with Gasteiger partial charge >= 0.3 is 0 Å². The second-order valence-electron chi connectivity index (χ2n) is 5.46. The quantitative estimate of drug-likeness (QED) is 0.765. The lowest BCUT2D eigenvalue weighted by molar-refractivity contribution is -0.122. The van der Waals surface area contributed by atoms with Crippen LogP contribution in [0.1, 0.15) is 53.9 Å². The van der Waals surface area contributed by atoms with E-state index in [1.165, 1.54) is 5.57 Å². The van der Waals surface area contributed by atoms with E-state index < -0.39 is 0 Å². The largest absolute Gasteiger partial charge is 0.369 e. The normalized spacial score (nSPS) is 28.1. The number of allylic oxidation sites excluding steroid dienone is 1. The minimum Gasteiger partial charge on any atom is -0.369 e. The third-order valence-electron chi connectivity index (χ3n) is 3.69. The Kier molecular flexibility index (Phi) is 5.86. The number of ether oxygens (including phenoxy) is 1. The van der Waals surface area contributed by atoms with Gasteiger partial charge in [0.1, 0.15) is 0 Å². The highest BCUT2D eigenvalue weighted by Crippen LogP contribution is 2.27. The molecule has 0 aromatic rings. The Morgan fingerprint density at radius 2 is 2.11 bits per heavy atom. The molecule has 1 aliphatic rings. The average Bonchev–Trinajstić information content (AvgIpc) is 2.29. The molecule has 0 aliphatic heterocycles. The van der Waals surface area contributed by atoms with Crippen molar-refractivity contribution < 1.29 is 9.53 Å². The van der Waals surface area contributed by atoms with Crippen molar-refractivity contribution >= 4 is 5.91 Å². The lowest BCUT2D eigenvalue weighted by Crippen LogP contribution is -2.49. The second kappa shape index (κ2) is 6.93. The molecule has 0 spiro atoms. The molecule has 0 bridgehead atoms. The molecule has 1 amide bonds. The number of carbonyl (C=O) groups is 1. The van der Waals surface area contributed by atoms with E-state index in [-0.39, 0.29) is 24.2 Å². The number of hydrogen-bond acceptors (Lipinski definition) is 2. The fraction of sp³-hybridized carbons (Fsp3) is 0.800.